The number of carbonyl (C=O) groups excluding carboxylic acids is 2. The SMILES string of the molecule is CCc1cc(C(=O)NC)c2nc(C)cc(N3CCc4c(cc(Cn5ccnc5)cc4-c4cn(C)nc4C(F)(F)F)C3=O)c2c1. The molecule has 226 valence electrons. The molecule has 9 nitrogen and oxygen atoms in total. The number of anilines is 1. The smallest absolute Gasteiger partial charge is 0.355 e. The van der Waals surface area contributed by atoms with Gasteiger partial charge in [-0.25, -0.2) is 4.98 Å². The van der Waals surface area contributed by atoms with Crippen LogP contribution in [0.1, 0.15) is 55.7 Å². The lowest BCUT2D eigenvalue weighted by Crippen LogP contribution is -2.38. The maximum atomic E-state index is 14.4. The van der Waals surface area contributed by atoms with E-state index in [1.54, 1.807) is 54.3 Å². The van der Waals surface area contributed by atoms with Gasteiger partial charge in [-0.3, -0.25) is 19.3 Å². The summed E-state index contributed by atoms with van der Waals surface area (Å²) >= 11 is 0. The molecule has 2 aromatic carbocycles. The molecular formula is C32H30F3N7O2. The average Bonchev–Trinajstić information content (AvgIpc) is 3.65. The van der Waals surface area contributed by atoms with Gasteiger partial charge in [0.25, 0.3) is 11.8 Å². The number of hydrogen-bond donors (Lipinski definition) is 1. The summed E-state index contributed by atoms with van der Waals surface area (Å²) < 4.78 is 45.3. The van der Waals surface area contributed by atoms with Gasteiger partial charge in [-0.05, 0) is 72.4 Å². The van der Waals surface area contributed by atoms with E-state index >= 15 is 0 Å². The third-order valence-corrected chi connectivity index (χ3v) is 7.93. The number of rotatable bonds is 6. The van der Waals surface area contributed by atoms with E-state index in [0.717, 1.165) is 10.2 Å². The van der Waals surface area contributed by atoms with Crippen LogP contribution in [0.5, 0.6) is 0 Å². The Labute approximate surface area is 251 Å². The number of aromatic nitrogens is 5. The van der Waals surface area contributed by atoms with Crippen LogP contribution in [0.2, 0.25) is 0 Å². The molecule has 12 heteroatoms. The zero-order valence-corrected chi connectivity index (χ0v) is 24.7. The van der Waals surface area contributed by atoms with Crippen molar-refractivity contribution in [2.75, 3.05) is 18.5 Å². The Morgan fingerprint density at radius 1 is 1.07 bits per heavy atom. The zero-order valence-electron chi connectivity index (χ0n) is 24.7. The molecule has 0 radical (unpaired) electrons. The van der Waals surface area contributed by atoms with E-state index in [1.165, 1.54) is 13.2 Å². The van der Waals surface area contributed by atoms with Crippen molar-refractivity contribution in [1.29, 1.82) is 0 Å². The van der Waals surface area contributed by atoms with Gasteiger partial charge in [0.05, 0.1) is 23.1 Å². The minimum Gasteiger partial charge on any atom is -0.355 e. The van der Waals surface area contributed by atoms with E-state index in [4.69, 9.17) is 0 Å². The van der Waals surface area contributed by atoms with Crippen LogP contribution >= 0.6 is 0 Å². The van der Waals surface area contributed by atoms with Gasteiger partial charge in [0, 0.05) is 68.0 Å². The second-order valence-corrected chi connectivity index (χ2v) is 10.9. The van der Waals surface area contributed by atoms with Gasteiger partial charge in [0.1, 0.15) is 0 Å². The first-order valence-corrected chi connectivity index (χ1v) is 14.2. The van der Waals surface area contributed by atoms with Crippen molar-refractivity contribution >= 4 is 28.4 Å². The fourth-order valence-corrected chi connectivity index (χ4v) is 5.94. The van der Waals surface area contributed by atoms with E-state index < -0.39 is 11.9 Å². The van der Waals surface area contributed by atoms with Crippen molar-refractivity contribution in [3.05, 3.63) is 94.5 Å². The number of fused-ring (bicyclic) bond motifs is 2. The van der Waals surface area contributed by atoms with Crippen molar-refractivity contribution in [3.63, 3.8) is 0 Å². The highest BCUT2D eigenvalue weighted by molar-refractivity contribution is 6.15. The first kappa shape index (κ1) is 29.1. The van der Waals surface area contributed by atoms with Crippen LogP contribution in [0.4, 0.5) is 18.9 Å². The molecular weight excluding hydrogens is 571 g/mol. The second-order valence-electron chi connectivity index (χ2n) is 10.9. The van der Waals surface area contributed by atoms with Gasteiger partial charge in [-0.2, -0.15) is 18.3 Å². The van der Waals surface area contributed by atoms with Gasteiger partial charge in [-0.15, -0.1) is 0 Å². The molecule has 0 unspecified atom stereocenters. The lowest BCUT2D eigenvalue weighted by atomic mass is 9.87. The quantitative estimate of drug-likeness (QED) is 0.284. The molecule has 1 N–H and O–H groups in total. The lowest BCUT2D eigenvalue weighted by molar-refractivity contribution is -0.141. The number of carbonyl (C=O) groups is 2. The normalized spacial score (nSPS) is 13.4. The van der Waals surface area contributed by atoms with Crippen molar-refractivity contribution < 1.29 is 22.8 Å². The predicted molar refractivity (Wildman–Crippen MR) is 160 cm³/mol. The van der Waals surface area contributed by atoms with E-state index in [9.17, 15) is 22.8 Å². The summed E-state index contributed by atoms with van der Waals surface area (Å²) in [6, 6.07) is 9.03. The van der Waals surface area contributed by atoms with Crippen molar-refractivity contribution in [2.45, 2.75) is 39.4 Å². The minimum absolute atomic E-state index is 0.0713. The maximum absolute atomic E-state index is 14.4. The lowest BCUT2D eigenvalue weighted by Gasteiger charge is -2.32. The summed E-state index contributed by atoms with van der Waals surface area (Å²) in [4.78, 5) is 37.6. The van der Waals surface area contributed by atoms with E-state index in [2.05, 4.69) is 20.4 Å². The monoisotopic (exact) mass is 601 g/mol. The largest absolute Gasteiger partial charge is 0.435 e. The summed E-state index contributed by atoms with van der Waals surface area (Å²) in [5.41, 5.74) is 3.80. The number of pyridine rings is 1. The molecule has 1 aliphatic heterocycles. The highest BCUT2D eigenvalue weighted by Gasteiger charge is 2.39. The topological polar surface area (TPSA) is 97.9 Å². The molecule has 6 rings (SSSR count). The van der Waals surface area contributed by atoms with Crippen molar-refractivity contribution in [2.24, 2.45) is 7.05 Å². The Morgan fingerprint density at radius 3 is 2.52 bits per heavy atom. The van der Waals surface area contributed by atoms with Crippen molar-refractivity contribution in [3.8, 4) is 11.1 Å². The molecule has 0 aliphatic carbocycles. The first-order chi connectivity index (χ1) is 21.0. The number of amides is 2. The fraction of sp³-hybridized carbons (Fsp3) is 0.281. The Balaban J connectivity index is 1.55. The fourth-order valence-electron chi connectivity index (χ4n) is 5.94. The highest BCUT2D eigenvalue weighted by Crippen LogP contribution is 2.41. The standard InChI is InChI=1S/C32H30F3N7O2/c1-5-19-11-24-27(10-18(2)38-28(24)25(12-19)30(43)36-3)42-8-6-21-22(26-16-40(4)39-29(26)32(33,34)35)13-20(14-23(21)31(42)44)15-41-9-7-37-17-41/h7,9-14,16-17H,5-6,8,15H2,1-4H3,(H,36,43). The molecule has 0 spiro atoms. The zero-order chi connectivity index (χ0) is 31.3. The number of aryl methyl sites for hydroxylation is 3. The Hall–Kier alpha value is -5.00. The van der Waals surface area contributed by atoms with Gasteiger partial charge < -0.3 is 14.8 Å². The van der Waals surface area contributed by atoms with Gasteiger partial charge in [0.2, 0.25) is 0 Å². The molecule has 44 heavy (non-hydrogen) atoms. The van der Waals surface area contributed by atoms with Gasteiger partial charge >= 0.3 is 6.18 Å². The number of hydrogen-bond acceptors (Lipinski definition) is 5. The van der Waals surface area contributed by atoms with Crippen LogP contribution in [0, 0.1) is 6.92 Å². The molecule has 4 heterocycles. The van der Waals surface area contributed by atoms with Crippen LogP contribution in [0.3, 0.4) is 0 Å². The summed E-state index contributed by atoms with van der Waals surface area (Å²) in [5, 5.41) is 7.06. The minimum atomic E-state index is -4.68. The summed E-state index contributed by atoms with van der Waals surface area (Å²) in [7, 11) is 3.00. The molecule has 0 atom stereocenters. The van der Waals surface area contributed by atoms with Crippen LogP contribution in [-0.2, 0) is 32.6 Å². The third kappa shape index (κ3) is 5.10. The molecule has 0 saturated heterocycles. The maximum Gasteiger partial charge on any atom is 0.435 e. The number of halogens is 3. The van der Waals surface area contributed by atoms with Crippen LogP contribution < -0.4 is 10.2 Å². The third-order valence-electron chi connectivity index (χ3n) is 7.93. The van der Waals surface area contributed by atoms with E-state index in [1.807, 2.05) is 25.1 Å². The molecule has 1 aliphatic rings. The Bertz CT molecular complexity index is 1930. The summed E-state index contributed by atoms with van der Waals surface area (Å²) in [5.74, 6) is -0.622. The number of benzene rings is 2. The Kier molecular flexibility index (Phi) is 7.22. The first-order valence-electron chi connectivity index (χ1n) is 14.2. The molecule has 5 aromatic rings. The molecule has 0 saturated carbocycles. The number of imidazole rings is 1. The number of nitrogens with one attached hydrogen (secondary N) is 1. The second kappa shape index (κ2) is 10.9. The molecule has 0 bridgehead atoms. The summed E-state index contributed by atoms with van der Waals surface area (Å²) in [6.07, 6.45) is 2.62. The van der Waals surface area contributed by atoms with E-state index in [0.29, 0.717) is 69.5 Å². The highest BCUT2D eigenvalue weighted by atomic mass is 19.4. The average molecular weight is 602 g/mol. The van der Waals surface area contributed by atoms with Crippen molar-refractivity contribution in [1.82, 2.24) is 29.6 Å². The van der Waals surface area contributed by atoms with Gasteiger partial charge in [-0.1, -0.05) is 6.92 Å². The Morgan fingerprint density at radius 2 is 1.84 bits per heavy atom. The molecule has 0 fully saturated rings. The number of alkyl halides is 3. The molecule has 3 aromatic heterocycles. The summed E-state index contributed by atoms with van der Waals surface area (Å²) in [6.45, 7) is 4.32. The van der Waals surface area contributed by atoms with E-state index in [-0.39, 0.29) is 23.9 Å². The van der Waals surface area contributed by atoms with Crippen LogP contribution in [0.25, 0.3) is 22.0 Å². The predicted octanol–water partition coefficient (Wildman–Crippen LogP) is 5.33. The van der Waals surface area contributed by atoms with Crippen LogP contribution in [0.15, 0.2) is 55.2 Å². The van der Waals surface area contributed by atoms with Gasteiger partial charge in [0.15, 0.2) is 5.69 Å². The number of nitrogens with zero attached hydrogens (tertiary/aromatic N) is 6. The van der Waals surface area contributed by atoms with Crippen LogP contribution in [-0.4, -0.2) is 49.7 Å². The molecule has 2 amide bonds.